The molecule has 0 aliphatic heterocycles. The number of amides is 1. The fraction of sp³-hybridized carbons (Fsp3) is 0.318. The van der Waals surface area contributed by atoms with E-state index in [1.165, 1.54) is 5.56 Å². The van der Waals surface area contributed by atoms with E-state index in [0.717, 1.165) is 31.4 Å². The molecule has 1 heterocycles. The number of carbonyl (C=O) groups is 1. The number of hydrogen-bond acceptors (Lipinski definition) is 4. The molecule has 3 N–H and O–H groups in total. The fourth-order valence-electron chi connectivity index (χ4n) is 3.85. The van der Waals surface area contributed by atoms with Crippen molar-refractivity contribution in [2.45, 2.75) is 44.7 Å². The van der Waals surface area contributed by atoms with Gasteiger partial charge in [-0.3, -0.25) is 9.59 Å². The first-order chi connectivity index (χ1) is 13.6. The molecular formula is C22H24N4O2. The van der Waals surface area contributed by atoms with E-state index in [4.69, 9.17) is 0 Å². The van der Waals surface area contributed by atoms with Gasteiger partial charge in [0.1, 0.15) is 11.4 Å². The Morgan fingerprint density at radius 2 is 1.82 bits per heavy atom. The Morgan fingerprint density at radius 1 is 1.11 bits per heavy atom. The zero-order valence-electron chi connectivity index (χ0n) is 15.9. The summed E-state index contributed by atoms with van der Waals surface area (Å²) in [5.41, 5.74) is 1.95. The number of nitrogens with one attached hydrogen (secondary N) is 3. The molecule has 28 heavy (non-hydrogen) atoms. The van der Waals surface area contributed by atoms with Gasteiger partial charge in [-0.25, -0.2) is 4.98 Å². The molecule has 2 aromatic carbocycles. The maximum Gasteiger partial charge on any atom is 0.258 e. The molecule has 4 rings (SSSR count). The summed E-state index contributed by atoms with van der Waals surface area (Å²) in [6.07, 6.45) is 3.59. The molecule has 1 amide bonds. The Balaban J connectivity index is 1.51. The largest absolute Gasteiger partial charge is 0.371 e. The van der Waals surface area contributed by atoms with Crippen LogP contribution in [0.5, 0.6) is 0 Å². The van der Waals surface area contributed by atoms with Crippen LogP contribution >= 0.6 is 0 Å². The highest BCUT2D eigenvalue weighted by Crippen LogP contribution is 2.33. The van der Waals surface area contributed by atoms with Crippen molar-refractivity contribution < 1.29 is 4.79 Å². The maximum atomic E-state index is 13.1. The molecule has 1 fully saturated rings. The SMILES string of the molecule is Cc1ccc(NC2(C(=O)NCc3nc4ccccc4c(=O)[nH]3)CCCC2)cc1. The van der Waals surface area contributed by atoms with E-state index >= 15 is 0 Å². The molecule has 1 aromatic heterocycles. The number of aromatic amines is 1. The number of aromatic nitrogens is 2. The highest BCUT2D eigenvalue weighted by atomic mass is 16.2. The molecule has 144 valence electrons. The third-order valence-electron chi connectivity index (χ3n) is 5.41. The monoisotopic (exact) mass is 376 g/mol. The summed E-state index contributed by atoms with van der Waals surface area (Å²) in [5.74, 6) is 0.405. The number of nitrogens with zero attached hydrogens (tertiary/aromatic N) is 1. The number of anilines is 1. The van der Waals surface area contributed by atoms with E-state index in [1.807, 2.05) is 37.3 Å². The van der Waals surface area contributed by atoms with Gasteiger partial charge >= 0.3 is 0 Å². The third-order valence-corrected chi connectivity index (χ3v) is 5.41. The number of fused-ring (bicyclic) bond motifs is 1. The van der Waals surface area contributed by atoms with Crippen LogP contribution in [-0.2, 0) is 11.3 Å². The summed E-state index contributed by atoms with van der Waals surface area (Å²) in [6, 6.07) is 15.3. The van der Waals surface area contributed by atoms with Gasteiger partial charge in [-0.15, -0.1) is 0 Å². The molecule has 0 bridgehead atoms. The molecule has 1 aliphatic carbocycles. The number of aryl methyl sites for hydroxylation is 1. The van der Waals surface area contributed by atoms with E-state index in [9.17, 15) is 9.59 Å². The average Bonchev–Trinajstić information content (AvgIpc) is 3.18. The van der Waals surface area contributed by atoms with Crippen molar-refractivity contribution in [1.29, 1.82) is 0 Å². The van der Waals surface area contributed by atoms with Crippen LogP contribution < -0.4 is 16.2 Å². The Labute approximate surface area is 163 Å². The van der Waals surface area contributed by atoms with Gasteiger partial charge in [0, 0.05) is 5.69 Å². The molecule has 1 saturated carbocycles. The zero-order valence-corrected chi connectivity index (χ0v) is 15.9. The second-order valence-electron chi connectivity index (χ2n) is 7.49. The molecule has 0 unspecified atom stereocenters. The lowest BCUT2D eigenvalue weighted by molar-refractivity contribution is -0.125. The Hall–Kier alpha value is -3.15. The van der Waals surface area contributed by atoms with Gasteiger partial charge in [0.15, 0.2) is 0 Å². The van der Waals surface area contributed by atoms with Crippen LogP contribution in [-0.4, -0.2) is 21.4 Å². The predicted octanol–water partition coefficient (Wildman–Crippen LogP) is 3.27. The topological polar surface area (TPSA) is 86.9 Å². The number of hydrogen-bond donors (Lipinski definition) is 3. The van der Waals surface area contributed by atoms with Crippen molar-refractivity contribution in [2.75, 3.05) is 5.32 Å². The molecule has 6 heteroatoms. The van der Waals surface area contributed by atoms with Crippen molar-refractivity contribution in [3.05, 3.63) is 70.3 Å². The normalized spacial score (nSPS) is 15.5. The van der Waals surface area contributed by atoms with Crippen LogP contribution in [0, 0.1) is 6.92 Å². The molecular weight excluding hydrogens is 352 g/mol. The van der Waals surface area contributed by atoms with Crippen molar-refractivity contribution in [3.63, 3.8) is 0 Å². The van der Waals surface area contributed by atoms with Gasteiger partial charge in [0.2, 0.25) is 5.91 Å². The van der Waals surface area contributed by atoms with Crippen molar-refractivity contribution in [3.8, 4) is 0 Å². The molecule has 0 radical (unpaired) electrons. The van der Waals surface area contributed by atoms with Crippen molar-refractivity contribution in [1.82, 2.24) is 15.3 Å². The van der Waals surface area contributed by atoms with E-state index in [2.05, 4.69) is 20.6 Å². The molecule has 6 nitrogen and oxygen atoms in total. The quantitative estimate of drug-likeness (QED) is 0.638. The van der Waals surface area contributed by atoms with Crippen LogP contribution in [0.1, 0.15) is 37.1 Å². The van der Waals surface area contributed by atoms with Crippen LogP contribution in [0.25, 0.3) is 10.9 Å². The van der Waals surface area contributed by atoms with Crippen molar-refractivity contribution in [2.24, 2.45) is 0 Å². The summed E-state index contributed by atoms with van der Waals surface area (Å²) >= 11 is 0. The first-order valence-electron chi connectivity index (χ1n) is 9.67. The predicted molar refractivity (Wildman–Crippen MR) is 110 cm³/mol. The van der Waals surface area contributed by atoms with Crippen LogP contribution in [0.4, 0.5) is 5.69 Å². The summed E-state index contributed by atoms with van der Waals surface area (Å²) in [4.78, 5) is 32.5. The summed E-state index contributed by atoms with van der Waals surface area (Å²) in [6.45, 7) is 2.23. The van der Waals surface area contributed by atoms with Gasteiger partial charge in [-0.1, -0.05) is 42.7 Å². The van der Waals surface area contributed by atoms with E-state index < -0.39 is 5.54 Å². The zero-order chi connectivity index (χ0) is 19.6. The molecule has 3 aromatic rings. The number of benzene rings is 2. The lowest BCUT2D eigenvalue weighted by atomic mass is 9.95. The minimum atomic E-state index is -0.619. The Morgan fingerprint density at radius 3 is 2.57 bits per heavy atom. The number of carbonyl (C=O) groups excluding carboxylic acids is 1. The van der Waals surface area contributed by atoms with Gasteiger partial charge < -0.3 is 15.6 Å². The van der Waals surface area contributed by atoms with E-state index in [1.54, 1.807) is 18.2 Å². The van der Waals surface area contributed by atoms with Gasteiger partial charge in [-0.05, 0) is 44.0 Å². The van der Waals surface area contributed by atoms with Gasteiger partial charge in [0.05, 0.1) is 17.4 Å². The first-order valence-corrected chi connectivity index (χ1v) is 9.67. The van der Waals surface area contributed by atoms with Crippen LogP contribution in [0.3, 0.4) is 0 Å². The molecule has 1 aliphatic rings. The summed E-state index contributed by atoms with van der Waals surface area (Å²) < 4.78 is 0. The minimum absolute atomic E-state index is 0.0543. The average molecular weight is 376 g/mol. The van der Waals surface area contributed by atoms with E-state index in [0.29, 0.717) is 16.7 Å². The lowest BCUT2D eigenvalue weighted by Crippen LogP contribution is -2.50. The number of para-hydroxylation sites is 1. The van der Waals surface area contributed by atoms with Gasteiger partial charge in [-0.2, -0.15) is 0 Å². The third kappa shape index (κ3) is 3.63. The van der Waals surface area contributed by atoms with Gasteiger partial charge in [0.25, 0.3) is 5.56 Å². The standard InChI is InChI=1S/C22H24N4O2/c1-15-8-10-16(11-9-15)26-22(12-4-5-13-22)21(28)23-14-19-24-18-7-3-2-6-17(18)20(27)25-19/h2-3,6-11,26H,4-5,12-14H2,1H3,(H,23,28)(H,24,25,27). The highest BCUT2D eigenvalue weighted by molar-refractivity contribution is 5.89. The second kappa shape index (κ2) is 7.46. The Kier molecular flexibility index (Phi) is 4.86. The fourth-order valence-corrected chi connectivity index (χ4v) is 3.85. The summed E-state index contributed by atoms with van der Waals surface area (Å²) in [7, 11) is 0. The number of rotatable bonds is 5. The number of H-pyrrole nitrogens is 1. The minimum Gasteiger partial charge on any atom is -0.371 e. The smallest absolute Gasteiger partial charge is 0.258 e. The maximum absolute atomic E-state index is 13.1. The van der Waals surface area contributed by atoms with Crippen LogP contribution in [0.15, 0.2) is 53.3 Å². The van der Waals surface area contributed by atoms with Crippen LogP contribution in [0.2, 0.25) is 0 Å². The van der Waals surface area contributed by atoms with E-state index in [-0.39, 0.29) is 18.0 Å². The van der Waals surface area contributed by atoms with Crippen molar-refractivity contribution >= 4 is 22.5 Å². The molecule has 0 saturated heterocycles. The first kappa shape index (κ1) is 18.2. The Bertz CT molecular complexity index is 1050. The molecule has 0 spiro atoms. The molecule has 0 atom stereocenters. The highest BCUT2D eigenvalue weighted by Gasteiger charge is 2.41. The lowest BCUT2D eigenvalue weighted by Gasteiger charge is -2.30. The summed E-state index contributed by atoms with van der Waals surface area (Å²) in [5, 5.41) is 6.97. The second-order valence-corrected chi connectivity index (χ2v) is 7.49.